The first-order chi connectivity index (χ1) is 10.0. The van der Waals surface area contributed by atoms with Crippen molar-refractivity contribution in [3.05, 3.63) is 0 Å². The molecule has 0 spiro atoms. The Kier molecular flexibility index (Phi) is 8.09. The zero-order chi connectivity index (χ0) is 15.8. The quantitative estimate of drug-likeness (QED) is 0.398. The van der Waals surface area contributed by atoms with Gasteiger partial charge in [-0.3, -0.25) is 4.79 Å². The molecule has 0 aromatic carbocycles. The molecule has 1 aliphatic rings. The second-order valence-corrected chi connectivity index (χ2v) is 4.92. The van der Waals surface area contributed by atoms with E-state index in [-0.39, 0.29) is 12.5 Å². The smallest absolute Gasteiger partial charge is 0.217 e. The summed E-state index contributed by atoms with van der Waals surface area (Å²) in [5, 5.41) is 31.5. The zero-order valence-electron chi connectivity index (χ0n) is 12.4. The zero-order valence-corrected chi connectivity index (χ0v) is 12.4. The average molecular weight is 307 g/mol. The topological polar surface area (TPSA) is 117 Å². The summed E-state index contributed by atoms with van der Waals surface area (Å²) in [6.45, 7) is 3.99. The molecule has 1 aliphatic heterocycles. The van der Waals surface area contributed by atoms with E-state index >= 15 is 0 Å². The van der Waals surface area contributed by atoms with Gasteiger partial charge >= 0.3 is 0 Å². The molecule has 1 amide bonds. The van der Waals surface area contributed by atoms with Crippen molar-refractivity contribution in [2.75, 3.05) is 26.4 Å². The molecule has 0 aromatic rings. The fourth-order valence-corrected chi connectivity index (χ4v) is 2.08. The van der Waals surface area contributed by atoms with Gasteiger partial charge in [-0.25, -0.2) is 0 Å². The van der Waals surface area contributed by atoms with E-state index in [4.69, 9.17) is 19.3 Å². The number of carbonyl (C=O) groups is 1. The van der Waals surface area contributed by atoms with Gasteiger partial charge in [-0.05, 0) is 6.42 Å². The van der Waals surface area contributed by atoms with Crippen LogP contribution in [0.2, 0.25) is 0 Å². The van der Waals surface area contributed by atoms with Crippen LogP contribution in [0.15, 0.2) is 0 Å². The SMILES string of the molecule is CCCOCCOC1OC(CO)C(O)C(O)C1NC(C)=O. The van der Waals surface area contributed by atoms with Crippen LogP contribution in [0.25, 0.3) is 0 Å². The maximum atomic E-state index is 11.2. The lowest BCUT2D eigenvalue weighted by Gasteiger charge is -2.42. The number of carbonyl (C=O) groups excluding carboxylic acids is 1. The number of aliphatic hydroxyl groups is 3. The summed E-state index contributed by atoms with van der Waals surface area (Å²) >= 11 is 0. The maximum Gasteiger partial charge on any atom is 0.217 e. The van der Waals surface area contributed by atoms with Gasteiger partial charge < -0.3 is 34.8 Å². The van der Waals surface area contributed by atoms with Crippen LogP contribution in [0.5, 0.6) is 0 Å². The van der Waals surface area contributed by atoms with Crippen LogP contribution in [0.3, 0.4) is 0 Å². The Hall–Kier alpha value is -0.770. The lowest BCUT2D eigenvalue weighted by atomic mass is 9.97. The molecule has 0 aromatic heterocycles. The molecule has 21 heavy (non-hydrogen) atoms. The molecule has 8 heteroatoms. The Bertz CT molecular complexity index is 315. The largest absolute Gasteiger partial charge is 0.394 e. The standard InChI is InChI=1S/C13H25NO7/c1-3-4-19-5-6-20-13-10(14-8(2)16)12(18)11(17)9(7-15)21-13/h9-13,15,17-18H,3-7H2,1-2H3,(H,14,16). The number of nitrogens with one attached hydrogen (secondary N) is 1. The van der Waals surface area contributed by atoms with Gasteiger partial charge in [-0.1, -0.05) is 6.92 Å². The summed E-state index contributed by atoms with van der Waals surface area (Å²) in [4.78, 5) is 11.2. The van der Waals surface area contributed by atoms with Crippen molar-refractivity contribution in [1.29, 1.82) is 0 Å². The normalized spacial score (nSPS) is 32.9. The highest BCUT2D eigenvalue weighted by atomic mass is 16.7. The van der Waals surface area contributed by atoms with Crippen LogP contribution in [0.4, 0.5) is 0 Å². The lowest BCUT2D eigenvalue weighted by molar-refractivity contribution is -0.272. The molecule has 1 fully saturated rings. The predicted molar refractivity (Wildman–Crippen MR) is 72.4 cm³/mol. The molecule has 1 heterocycles. The average Bonchev–Trinajstić information content (AvgIpc) is 2.45. The van der Waals surface area contributed by atoms with Crippen LogP contribution in [0.1, 0.15) is 20.3 Å². The van der Waals surface area contributed by atoms with E-state index in [1.54, 1.807) is 0 Å². The van der Waals surface area contributed by atoms with Crippen LogP contribution < -0.4 is 5.32 Å². The van der Waals surface area contributed by atoms with Crippen molar-refractivity contribution < 1.29 is 34.3 Å². The van der Waals surface area contributed by atoms with Gasteiger partial charge in [0.2, 0.25) is 5.91 Å². The fourth-order valence-electron chi connectivity index (χ4n) is 2.08. The summed E-state index contributed by atoms with van der Waals surface area (Å²) in [5.41, 5.74) is 0. The third kappa shape index (κ3) is 5.50. The Balaban J connectivity index is 2.58. The predicted octanol–water partition coefficient (Wildman–Crippen LogP) is -1.63. The molecule has 124 valence electrons. The Labute approximate surface area is 124 Å². The minimum Gasteiger partial charge on any atom is -0.394 e. The molecule has 8 nitrogen and oxygen atoms in total. The molecule has 5 unspecified atom stereocenters. The van der Waals surface area contributed by atoms with Gasteiger partial charge in [0.25, 0.3) is 0 Å². The van der Waals surface area contributed by atoms with E-state index < -0.39 is 37.3 Å². The number of hydrogen-bond donors (Lipinski definition) is 4. The highest BCUT2D eigenvalue weighted by Crippen LogP contribution is 2.22. The van der Waals surface area contributed by atoms with E-state index in [9.17, 15) is 15.0 Å². The van der Waals surface area contributed by atoms with Crippen LogP contribution in [-0.2, 0) is 19.0 Å². The Morgan fingerprint density at radius 1 is 1.24 bits per heavy atom. The molecule has 4 N–H and O–H groups in total. The van der Waals surface area contributed by atoms with Crippen molar-refractivity contribution in [2.45, 2.75) is 50.9 Å². The summed E-state index contributed by atoms with van der Waals surface area (Å²) < 4.78 is 16.1. The van der Waals surface area contributed by atoms with E-state index in [1.165, 1.54) is 6.92 Å². The van der Waals surface area contributed by atoms with Crippen LogP contribution >= 0.6 is 0 Å². The van der Waals surface area contributed by atoms with Gasteiger partial charge in [0.1, 0.15) is 24.4 Å². The number of amides is 1. The Morgan fingerprint density at radius 3 is 2.52 bits per heavy atom. The number of ether oxygens (including phenoxy) is 3. The maximum absolute atomic E-state index is 11.2. The highest BCUT2D eigenvalue weighted by Gasteiger charge is 2.45. The van der Waals surface area contributed by atoms with Crippen molar-refractivity contribution in [2.24, 2.45) is 0 Å². The van der Waals surface area contributed by atoms with E-state index in [0.717, 1.165) is 6.42 Å². The van der Waals surface area contributed by atoms with E-state index in [1.807, 2.05) is 6.92 Å². The molecule has 1 saturated heterocycles. The molecule has 5 atom stereocenters. The third-order valence-electron chi connectivity index (χ3n) is 3.11. The summed E-state index contributed by atoms with van der Waals surface area (Å²) in [5.74, 6) is -0.381. The van der Waals surface area contributed by atoms with Gasteiger partial charge in [-0.15, -0.1) is 0 Å². The molecule has 0 saturated carbocycles. The molecule has 0 radical (unpaired) electrons. The molecule has 0 aliphatic carbocycles. The van der Waals surface area contributed by atoms with Crippen molar-refractivity contribution in [1.82, 2.24) is 5.32 Å². The second kappa shape index (κ2) is 9.29. The lowest BCUT2D eigenvalue weighted by Crippen LogP contribution is -2.64. The number of rotatable bonds is 8. The van der Waals surface area contributed by atoms with Gasteiger partial charge in [-0.2, -0.15) is 0 Å². The minimum atomic E-state index is -1.30. The monoisotopic (exact) mass is 307 g/mol. The van der Waals surface area contributed by atoms with Gasteiger partial charge in [0, 0.05) is 13.5 Å². The second-order valence-electron chi connectivity index (χ2n) is 4.92. The van der Waals surface area contributed by atoms with Gasteiger partial charge in [0.05, 0.1) is 19.8 Å². The summed E-state index contributed by atoms with van der Waals surface area (Å²) in [6, 6.07) is -0.911. The van der Waals surface area contributed by atoms with Gasteiger partial charge in [0.15, 0.2) is 6.29 Å². The van der Waals surface area contributed by atoms with E-state index in [2.05, 4.69) is 5.32 Å². The van der Waals surface area contributed by atoms with Crippen molar-refractivity contribution in [3.8, 4) is 0 Å². The number of hydrogen-bond acceptors (Lipinski definition) is 7. The van der Waals surface area contributed by atoms with Crippen molar-refractivity contribution in [3.63, 3.8) is 0 Å². The molecular formula is C13H25NO7. The third-order valence-corrected chi connectivity index (χ3v) is 3.11. The van der Waals surface area contributed by atoms with E-state index in [0.29, 0.717) is 13.2 Å². The van der Waals surface area contributed by atoms with Crippen molar-refractivity contribution >= 4 is 5.91 Å². The molecule has 1 rings (SSSR count). The first-order valence-electron chi connectivity index (χ1n) is 7.10. The van der Waals surface area contributed by atoms with Crippen LogP contribution in [0, 0.1) is 0 Å². The fraction of sp³-hybridized carbons (Fsp3) is 0.923. The minimum absolute atomic E-state index is 0.210. The first kappa shape index (κ1) is 18.3. The molecular weight excluding hydrogens is 282 g/mol. The summed E-state index contributed by atoms with van der Waals surface area (Å²) in [6.07, 6.45) is -3.63. The molecule has 0 bridgehead atoms. The Morgan fingerprint density at radius 2 is 1.95 bits per heavy atom. The summed E-state index contributed by atoms with van der Waals surface area (Å²) in [7, 11) is 0. The highest BCUT2D eigenvalue weighted by molar-refractivity contribution is 5.73. The first-order valence-corrected chi connectivity index (χ1v) is 7.10. The number of aliphatic hydroxyl groups excluding tert-OH is 3. The van der Waals surface area contributed by atoms with Crippen LogP contribution in [-0.4, -0.2) is 78.3 Å².